The molecule has 7 heteroatoms. The number of ether oxygens (including phenoxy) is 1. The van der Waals surface area contributed by atoms with Crippen LogP contribution in [-0.2, 0) is 6.18 Å². The van der Waals surface area contributed by atoms with Crippen molar-refractivity contribution in [1.82, 2.24) is 4.98 Å². The van der Waals surface area contributed by atoms with Crippen LogP contribution in [0.3, 0.4) is 0 Å². The van der Waals surface area contributed by atoms with E-state index in [-0.39, 0.29) is 5.01 Å². The van der Waals surface area contributed by atoms with Gasteiger partial charge in [0.25, 0.3) is 0 Å². The molecule has 1 aromatic carbocycles. The number of hydrogen-bond acceptors (Lipinski definition) is 3. The van der Waals surface area contributed by atoms with E-state index in [2.05, 4.69) is 20.9 Å². The number of hydrogen-bond donors (Lipinski definition) is 0. The molecule has 0 saturated heterocycles. The minimum atomic E-state index is -4.42. The van der Waals surface area contributed by atoms with Gasteiger partial charge in [-0.2, -0.15) is 13.2 Å². The van der Waals surface area contributed by atoms with Gasteiger partial charge in [-0.05, 0) is 18.2 Å². The van der Waals surface area contributed by atoms with Gasteiger partial charge in [-0.1, -0.05) is 15.9 Å². The van der Waals surface area contributed by atoms with Crippen LogP contribution in [0.25, 0.3) is 10.6 Å². The molecule has 2 aromatic rings. The average Bonchev–Trinajstić information content (AvgIpc) is 2.77. The zero-order chi connectivity index (χ0) is 13.3. The fourth-order valence-electron chi connectivity index (χ4n) is 1.37. The molecule has 0 saturated carbocycles. The van der Waals surface area contributed by atoms with Gasteiger partial charge in [0.1, 0.15) is 10.8 Å². The normalized spacial score (nSPS) is 11.6. The zero-order valence-corrected chi connectivity index (χ0v) is 11.5. The molecule has 1 heterocycles. The van der Waals surface area contributed by atoms with Gasteiger partial charge in [-0.25, -0.2) is 4.98 Å². The summed E-state index contributed by atoms with van der Waals surface area (Å²) in [5.74, 6) is 0.487. The molecule has 0 unspecified atom stereocenters. The Morgan fingerprint density at radius 1 is 1.33 bits per heavy atom. The monoisotopic (exact) mass is 337 g/mol. The lowest BCUT2D eigenvalue weighted by atomic mass is 10.2. The second-order valence-electron chi connectivity index (χ2n) is 3.38. The first-order chi connectivity index (χ1) is 8.41. The minimum Gasteiger partial charge on any atom is -0.496 e. The summed E-state index contributed by atoms with van der Waals surface area (Å²) in [6, 6.07) is 5.10. The molecule has 0 radical (unpaired) electrons. The van der Waals surface area contributed by atoms with E-state index >= 15 is 0 Å². The third kappa shape index (κ3) is 2.67. The van der Waals surface area contributed by atoms with Gasteiger partial charge in [0, 0.05) is 9.85 Å². The molecule has 0 fully saturated rings. The predicted octanol–water partition coefficient (Wildman–Crippen LogP) is 4.60. The Morgan fingerprint density at radius 2 is 2.06 bits per heavy atom. The van der Waals surface area contributed by atoms with E-state index in [1.807, 2.05) is 0 Å². The molecule has 96 valence electrons. The minimum absolute atomic E-state index is 0.278. The molecule has 0 amide bonds. The molecule has 2 nitrogen and oxygen atoms in total. The molecular weight excluding hydrogens is 331 g/mol. The molecule has 18 heavy (non-hydrogen) atoms. The van der Waals surface area contributed by atoms with Crippen molar-refractivity contribution >= 4 is 27.3 Å². The van der Waals surface area contributed by atoms with Crippen LogP contribution in [0.15, 0.2) is 28.1 Å². The maximum atomic E-state index is 12.5. The van der Waals surface area contributed by atoms with Crippen molar-refractivity contribution in [3.8, 4) is 16.3 Å². The highest BCUT2D eigenvalue weighted by molar-refractivity contribution is 9.10. The first-order valence-electron chi connectivity index (χ1n) is 4.78. The summed E-state index contributed by atoms with van der Waals surface area (Å²) >= 11 is 4.20. The van der Waals surface area contributed by atoms with Gasteiger partial charge in [-0.15, -0.1) is 11.3 Å². The maximum absolute atomic E-state index is 12.5. The smallest absolute Gasteiger partial charge is 0.434 e. The van der Waals surface area contributed by atoms with Gasteiger partial charge in [0.15, 0.2) is 5.69 Å². The van der Waals surface area contributed by atoms with Crippen molar-refractivity contribution in [3.05, 3.63) is 33.7 Å². The zero-order valence-electron chi connectivity index (χ0n) is 9.08. The van der Waals surface area contributed by atoms with Gasteiger partial charge in [-0.3, -0.25) is 0 Å². The molecule has 0 spiro atoms. The third-order valence-electron chi connectivity index (χ3n) is 2.19. The molecule has 0 aliphatic carbocycles. The molecule has 0 aliphatic rings. The first-order valence-corrected chi connectivity index (χ1v) is 6.45. The molecule has 1 aromatic heterocycles. The highest BCUT2D eigenvalue weighted by atomic mass is 79.9. The summed E-state index contributed by atoms with van der Waals surface area (Å²) in [5, 5.41) is 1.27. The summed E-state index contributed by atoms with van der Waals surface area (Å²) in [4.78, 5) is 3.59. The van der Waals surface area contributed by atoms with E-state index in [1.54, 1.807) is 18.2 Å². The molecule has 2 rings (SSSR count). The lowest BCUT2D eigenvalue weighted by Crippen LogP contribution is -2.04. The highest BCUT2D eigenvalue weighted by Crippen LogP contribution is 2.37. The topological polar surface area (TPSA) is 22.1 Å². The van der Waals surface area contributed by atoms with Crippen LogP contribution in [0.5, 0.6) is 5.75 Å². The van der Waals surface area contributed by atoms with Crippen LogP contribution in [0.1, 0.15) is 5.69 Å². The van der Waals surface area contributed by atoms with Crippen molar-refractivity contribution in [2.24, 2.45) is 0 Å². The van der Waals surface area contributed by atoms with E-state index in [4.69, 9.17) is 4.74 Å². The van der Waals surface area contributed by atoms with E-state index in [0.717, 1.165) is 21.2 Å². The number of methoxy groups -OCH3 is 1. The molecule has 0 atom stereocenters. The number of nitrogens with zero attached hydrogens (tertiary/aromatic N) is 1. The van der Waals surface area contributed by atoms with Gasteiger partial charge in [0.2, 0.25) is 0 Å². The van der Waals surface area contributed by atoms with Crippen LogP contribution >= 0.6 is 27.3 Å². The van der Waals surface area contributed by atoms with E-state index < -0.39 is 11.9 Å². The van der Waals surface area contributed by atoms with Crippen LogP contribution < -0.4 is 4.74 Å². The summed E-state index contributed by atoms with van der Waals surface area (Å²) in [6.07, 6.45) is -4.42. The van der Waals surface area contributed by atoms with Crippen LogP contribution in [0, 0.1) is 0 Å². The quantitative estimate of drug-likeness (QED) is 0.798. The van der Waals surface area contributed by atoms with E-state index in [0.29, 0.717) is 11.3 Å². The Bertz CT molecular complexity index is 568. The standard InChI is InChI=1S/C11H7BrF3NOS/c1-17-8-3-2-6(12)4-7(8)10-16-9(5-18-10)11(13,14)15/h2-5H,1H3. The predicted molar refractivity (Wildman–Crippen MR) is 66.8 cm³/mol. The Hall–Kier alpha value is -1.08. The SMILES string of the molecule is COc1ccc(Br)cc1-c1nc(C(F)(F)F)cs1. The number of benzene rings is 1. The summed E-state index contributed by atoms with van der Waals surface area (Å²) < 4.78 is 43.3. The van der Waals surface area contributed by atoms with Gasteiger partial charge in [0.05, 0.1) is 12.7 Å². The van der Waals surface area contributed by atoms with Crippen molar-refractivity contribution < 1.29 is 17.9 Å². The van der Waals surface area contributed by atoms with Crippen molar-refractivity contribution in [2.45, 2.75) is 6.18 Å². The summed E-state index contributed by atoms with van der Waals surface area (Å²) in [7, 11) is 1.46. The first kappa shape index (κ1) is 13.4. The molecular formula is C11H7BrF3NOS. The lowest BCUT2D eigenvalue weighted by molar-refractivity contribution is -0.140. The van der Waals surface area contributed by atoms with Crippen LogP contribution in [0.4, 0.5) is 13.2 Å². The Morgan fingerprint density at radius 3 is 2.61 bits per heavy atom. The number of halogens is 4. The fourth-order valence-corrected chi connectivity index (χ4v) is 2.58. The highest BCUT2D eigenvalue weighted by Gasteiger charge is 2.34. The summed E-state index contributed by atoms with van der Waals surface area (Å²) in [5.41, 5.74) is -0.350. The lowest BCUT2D eigenvalue weighted by Gasteiger charge is -2.06. The second-order valence-corrected chi connectivity index (χ2v) is 5.15. The number of alkyl halides is 3. The van der Waals surface area contributed by atoms with Gasteiger partial charge >= 0.3 is 6.18 Å². The molecule has 0 aliphatic heterocycles. The Labute approximate surface area is 114 Å². The van der Waals surface area contributed by atoms with Gasteiger partial charge < -0.3 is 4.74 Å². The second kappa shape index (κ2) is 4.89. The van der Waals surface area contributed by atoms with Crippen LogP contribution in [0.2, 0.25) is 0 Å². The van der Waals surface area contributed by atoms with Crippen molar-refractivity contribution in [2.75, 3.05) is 7.11 Å². The largest absolute Gasteiger partial charge is 0.496 e. The third-order valence-corrected chi connectivity index (χ3v) is 3.56. The van der Waals surface area contributed by atoms with E-state index in [9.17, 15) is 13.2 Å². The van der Waals surface area contributed by atoms with Crippen molar-refractivity contribution in [1.29, 1.82) is 0 Å². The Kier molecular flexibility index (Phi) is 3.63. The van der Waals surface area contributed by atoms with E-state index in [1.165, 1.54) is 7.11 Å². The number of rotatable bonds is 2. The fraction of sp³-hybridized carbons (Fsp3) is 0.182. The Balaban J connectivity index is 2.49. The maximum Gasteiger partial charge on any atom is 0.434 e. The van der Waals surface area contributed by atoms with Crippen LogP contribution in [-0.4, -0.2) is 12.1 Å². The van der Waals surface area contributed by atoms with Crippen molar-refractivity contribution in [3.63, 3.8) is 0 Å². The number of thiazole rings is 1. The molecule has 0 N–H and O–H groups in total. The number of aromatic nitrogens is 1. The molecule has 0 bridgehead atoms. The average molecular weight is 338 g/mol. The summed E-state index contributed by atoms with van der Waals surface area (Å²) in [6.45, 7) is 0.